The Kier molecular flexibility index (Phi) is 39.6. The van der Waals surface area contributed by atoms with Gasteiger partial charge < -0.3 is 52.1 Å². The minimum atomic E-state index is -0.500. The highest BCUT2D eigenvalue weighted by molar-refractivity contribution is 5.80. The maximum atomic E-state index is 13.6. The topological polar surface area (TPSA) is 272 Å². The van der Waals surface area contributed by atoms with Gasteiger partial charge in [-0.1, -0.05) is 117 Å². The molecule has 21 nitrogen and oxygen atoms in total. The minimum Gasteiger partial charge on any atom is -0.461 e. The van der Waals surface area contributed by atoms with Crippen LogP contribution in [0.5, 0.6) is 0 Å². The maximum absolute atomic E-state index is 13.6. The normalized spacial score (nSPS) is 32.7. The van der Waals surface area contributed by atoms with Crippen LogP contribution in [-0.4, -0.2) is 132 Å². The van der Waals surface area contributed by atoms with Crippen LogP contribution in [0.1, 0.15) is 439 Å². The Balaban J connectivity index is 0.000000158. The number of hydrogen-bond acceptors (Lipinski definition) is 21. The van der Waals surface area contributed by atoms with Gasteiger partial charge in [-0.15, -0.1) is 0 Å². The van der Waals surface area contributed by atoms with E-state index in [1.165, 1.54) is 135 Å². The molecule has 18 aliphatic carbocycles. The lowest BCUT2D eigenvalue weighted by Gasteiger charge is -2.55. The summed E-state index contributed by atoms with van der Waals surface area (Å²) in [7, 11) is 3.25. The van der Waals surface area contributed by atoms with Crippen LogP contribution < -0.4 is 0 Å². The molecule has 20 unspecified atom stereocenters. The first-order valence-electron chi connectivity index (χ1n) is 54.4. The first-order chi connectivity index (χ1) is 62.9. The smallest absolute Gasteiger partial charge is 0.312 e. The first kappa shape index (κ1) is 108. The van der Waals surface area contributed by atoms with E-state index >= 15 is 0 Å². The average Bonchev–Trinajstić information content (AvgIpc) is 1.35. The van der Waals surface area contributed by atoms with Crippen LogP contribution in [-0.2, 0) is 100 Å². The van der Waals surface area contributed by atoms with E-state index in [0.29, 0.717) is 59.2 Å². The molecule has 0 spiro atoms. The molecule has 0 heterocycles. The number of carbonyl (C=O) groups excluding carboxylic acids is 10. The molecule has 14 bridgehead atoms. The summed E-state index contributed by atoms with van der Waals surface area (Å²) in [6, 6.07) is 0. The van der Waals surface area contributed by atoms with Gasteiger partial charge >= 0.3 is 59.7 Å². The van der Waals surface area contributed by atoms with Gasteiger partial charge in [-0.3, -0.25) is 47.9 Å². The van der Waals surface area contributed by atoms with Gasteiger partial charge in [-0.2, -0.15) is 0 Å². The molecule has 0 radical (unpaired) electrons. The lowest BCUT2D eigenvalue weighted by Crippen LogP contribution is -2.51. The molecule has 0 N–H and O–H groups in total. The summed E-state index contributed by atoms with van der Waals surface area (Å²) < 4.78 is 62.0. The number of esters is 10. The van der Waals surface area contributed by atoms with Gasteiger partial charge in [0.2, 0.25) is 0 Å². The number of methoxy groups -OCH3 is 1. The fraction of sp³-hybridized carbons (Fsp3) is 0.911. The number of fused-ring (bicyclic) bond motifs is 10. The van der Waals surface area contributed by atoms with Gasteiger partial charge in [0, 0.05) is 14.2 Å². The second-order valence-electron chi connectivity index (χ2n) is 50.1. The van der Waals surface area contributed by atoms with E-state index in [1.54, 1.807) is 14.2 Å². The molecule has 21 heteroatoms. The van der Waals surface area contributed by atoms with E-state index in [4.69, 9.17) is 47.4 Å². The fourth-order valence-corrected chi connectivity index (χ4v) is 28.7. The Labute approximate surface area is 802 Å². The summed E-state index contributed by atoms with van der Waals surface area (Å²) in [5.74, 6) is 9.55. The molecule has 758 valence electrons. The highest BCUT2D eigenvalue weighted by Gasteiger charge is 2.58. The van der Waals surface area contributed by atoms with Gasteiger partial charge in [0.25, 0.3) is 0 Å². The molecular weight excluding hydrogens is 1680 g/mol. The number of hydrogen-bond donors (Lipinski definition) is 0. The lowest BCUT2D eigenvalue weighted by atomic mass is 9.49. The summed E-state index contributed by atoms with van der Waals surface area (Å²) in [4.78, 5) is 126. The van der Waals surface area contributed by atoms with E-state index in [2.05, 4.69) is 4.74 Å². The van der Waals surface area contributed by atoms with E-state index in [9.17, 15) is 47.9 Å². The van der Waals surface area contributed by atoms with Gasteiger partial charge in [0.1, 0.15) is 58.5 Å². The molecule has 20 atom stereocenters. The van der Waals surface area contributed by atoms with Crippen LogP contribution in [0, 0.1) is 136 Å². The molecule has 0 aromatic heterocycles. The van der Waals surface area contributed by atoms with Gasteiger partial charge in [-0.25, -0.2) is 0 Å². The van der Waals surface area contributed by atoms with Crippen LogP contribution in [0.3, 0.4) is 0 Å². The molecule has 0 aromatic rings. The van der Waals surface area contributed by atoms with Crippen molar-refractivity contribution in [3.63, 3.8) is 0 Å². The minimum absolute atomic E-state index is 0.0212. The van der Waals surface area contributed by atoms with Crippen molar-refractivity contribution in [2.24, 2.45) is 136 Å². The van der Waals surface area contributed by atoms with E-state index in [1.807, 2.05) is 118 Å². The second kappa shape index (κ2) is 48.7. The quantitative estimate of drug-likeness (QED) is 0.0607. The third-order valence-electron chi connectivity index (χ3n) is 33.6. The number of ether oxygens (including phenoxy) is 11. The Morgan fingerprint density at radius 3 is 0.586 bits per heavy atom. The monoisotopic (exact) mass is 1870 g/mol. The summed E-state index contributed by atoms with van der Waals surface area (Å²) in [6.07, 6.45) is 51.2. The molecule has 0 amide bonds. The second-order valence-corrected chi connectivity index (χ2v) is 50.1. The molecule has 0 aliphatic heterocycles. The predicted molar refractivity (Wildman–Crippen MR) is 513 cm³/mol. The summed E-state index contributed by atoms with van der Waals surface area (Å²) in [5, 5.41) is 0. The molecule has 0 saturated heterocycles. The van der Waals surface area contributed by atoms with Gasteiger partial charge in [0.05, 0.1) is 61.2 Å². The van der Waals surface area contributed by atoms with Crippen LogP contribution in [0.25, 0.3) is 0 Å². The third kappa shape index (κ3) is 32.9. The predicted octanol–water partition coefficient (Wildman–Crippen LogP) is 24.8. The zero-order chi connectivity index (χ0) is 96.5. The van der Waals surface area contributed by atoms with E-state index in [0.717, 1.165) is 201 Å². The van der Waals surface area contributed by atoms with Crippen molar-refractivity contribution < 1.29 is 100 Å². The Bertz CT molecular complexity index is 3480. The summed E-state index contributed by atoms with van der Waals surface area (Å²) in [5.41, 5.74) is -2.73. The standard InChI is InChI=1S/C25H38O4.3C21H34O4.C20H32O4.C2H6O.C2H6/c1-24(2,3)29-22(26)11-21(20-10-15-4-5-19(20)9-15)28-23(27)25-12-16-6-17(13-25)8-18(7-16)14-25;3*1-21(2,3)25-19(22)13-18(17-12-14-9-10-16(17)11-14)24-20(23)15-7-5-4-6-8-15;1-20(2,3)24-18(21)12-17(16-11-13-8-9-15(16)10-13)23-19(22)14-6-4-5-7-14;1-3-2;1-2/h15-21H,4-14H2,1-3H3;3*14-18H,4-13H2,1-3H3;13-17H,4-12H2,1-3H3;1-2H3;1-2H3. The molecule has 133 heavy (non-hydrogen) atoms. The van der Waals surface area contributed by atoms with E-state index < -0.39 is 28.0 Å². The molecule has 0 aromatic carbocycles. The SMILES string of the molecule is CC.CC(C)(C)OC(=O)CC(OC(=O)C12CC3CC(CC(C3)C1)C2)C1CC2CCC1C2.CC(C)(C)OC(=O)CC(OC(=O)C1CCCC1)C1CC2CCC1C2.CC(C)(C)OC(=O)CC(OC(=O)C1CCCCC1)C1CC2CCC1C2.CC(C)(C)OC(=O)CC(OC(=O)C1CCCCC1)C1CC2CCC1C2.CC(C)(C)OC(=O)CC(OC(=O)C1CCCCC1)C1CC2CCC1C2.COC. The molecule has 18 rings (SSSR count). The van der Waals surface area contributed by atoms with Crippen molar-refractivity contribution in [2.45, 2.75) is 497 Å². The third-order valence-corrected chi connectivity index (χ3v) is 33.6. The van der Waals surface area contributed by atoms with Crippen molar-refractivity contribution in [3.05, 3.63) is 0 Å². The Morgan fingerprint density at radius 2 is 0.421 bits per heavy atom. The number of carbonyl (C=O) groups is 10. The van der Waals surface area contributed by atoms with Crippen molar-refractivity contribution >= 4 is 59.7 Å². The van der Waals surface area contributed by atoms with Crippen molar-refractivity contribution in [1.29, 1.82) is 0 Å². The van der Waals surface area contributed by atoms with E-state index in [-0.39, 0.29) is 151 Å². The molecule has 18 fully saturated rings. The van der Waals surface area contributed by atoms with Crippen molar-refractivity contribution in [3.8, 4) is 0 Å². The maximum Gasteiger partial charge on any atom is 0.312 e. The summed E-state index contributed by atoms with van der Waals surface area (Å²) >= 11 is 0. The fourth-order valence-electron chi connectivity index (χ4n) is 28.7. The van der Waals surface area contributed by atoms with Gasteiger partial charge in [0.15, 0.2) is 0 Å². The van der Waals surface area contributed by atoms with Crippen LogP contribution in [0.4, 0.5) is 0 Å². The lowest BCUT2D eigenvalue weighted by molar-refractivity contribution is -0.184. The molecular formula is C112H184O21. The Morgan fingerprint density at radius 1 is 0.241 bits per heavy atom. The molecule has 18 saturated carbocycles. The average molecular weight is 1870 g/mol. The van der Waals surface area contributed by atoms with Crippen LogP contribution in [0.15, 0.2) is 0 Å². The zero-order valence-corrected chi connectivity index (χ0v) is 86.5. The largest absolute Gasteiger partial charge is 0.461 e. The van der Waals surface area contributed by atoms with Crippen molar-refractivity contribution in [2.75, 3.05) is 14.2 Å². The zero-order valence-electron chi connectivity index (χ0n) is 86.5. The molecule has 18 aliphatic rings. The summed E-state index contributed by atoms with van der Waals surface area (Å²) in [6.45, 7) is 32.3. The Hall–Kier alpha value is -5.34. The van der Waals surface area contributed by atoms with Crippen molar-refractivity contribution in [1.82, 2.24) is 0 Å². The number of rotatable bonds is 25. The highest BCUT2D eigenvalue weighted by atomic mass is 16.6. The van der Waals surface area contributed by atoms with Gasteiger partial charge in [-0.05, 0) is 397 Å². The van der Waals surface area contributed by atoms with Crippen LogP contribution in [0.2, 0.25) is 0 Å². The first-order valence-corrected chi connectivity index (χ1v) is 54.4. The van der Waals surface area contributed by atoms with Crippen LogP contribution >= 0.6 is 0 Å². The highest BCUT2D eigenvalue weighted by Crippen LogP contribution is 2.62.